The Labute approximate surface area is 112 Å². The number of halogens is 1. The molecular weight excluding hydrogens is 237 g/mol. The van der Waals surface area contributed by atoms with Crippen LogP contribution in [0.4, 0.5) is 4.39 Å². The molecule has 0 amide bonds. The zero-order valence-electron chi connectivity index (χ0n) is 10.7. The molecule has 0 N–H and O–H groups in total. The lowest BCUT2D eigenvalue weighted by Crippen LogP contribution is -1.99. The van der Waals surface area contributed by atoms with E-state index in [1.807, 2.05) is 12.1 Å². The maximum Gasteiger partial charge on any atom is 0.128 e. The molecule has 3 rings (SSSR count). The number of aliphatic imine (C=N–C) groups is 1. The van der Waals surface area contributed by atoms with Crippen LogP contribution < -0.4 is 0 Å². The van der Waals surface area contributed by atoms with Crippen LogP contribution in [-0.2, 0) is 0 Å². The SMILES string of the molecule is Cc1ccc(C2=CC=NC2c2ccccc2F)cc1. The van der Waals surface area contributed by atoms with Crippen LogP contribution in [0.15, 0.2) is 59.6 Å². The number of hydrogen-bond donors (Lipinski definition) is 0. The topological polar surface area (TPSA) is 12.4 Å². The molecule has 1 atom stereocenters. The average Bonchev–Trinajstić information content (AvgIpc) is 2.89. The monoisotopic (exact) mass is 251 g/mol. The summed E-state index contributed by atoms with van der Waals surface area (Å²) in [6.07, 6.45) is 3.72. The molecule has 94 valence electrons. The summed E-state index contributed by atoms with van der Waals surface area (Å²) in [4.78, 5) is 4.39. The van der Waals surface area contributed by atoms with E-state index < -0.39 is 0 Å². The first kappa shape index (κ1) is 11.8. The van der Waals surface area contributed by atoms with Gasteiger partial charge in [0.15, 0.2) is 0 Å². The van der Waals surface area contributed by atoms with E-state index in [1.54, 1.807) is 18.3 Å². The molecule has 0 radical (unpaired) electrons. The summed E-state index contributed by atoms with van der Waals surface area (Å²) in [5.41, 5.74) is 3.98. The molecule has 0 bridgehead atoms. The lowest BCUT2D eigenvalue weighted by atomic mass is 9.94. The molecule has 1 aliphatic heterocycles. The smallest absolute Gasteiger partial charge is 0.128 e. The fourth-order valence-electron chi connectivity index (χ4n) is 2.33. The maximum absolute atomic E-state index is 13.9. The molecule has 2 aromatic carbocycles. The molecule has 0 saturated carbocycles. The second-order valence-electron chi connectivity index (χ2n) is 4.71. The number of hydrogen-bond acceptors (Lipinski definition) is 1. The Bertz CT molecular complexity index is 653. The molecule has 1 heterocycles. The number of aryl methyl sites for hydroxylation is 1. The van der Waals surface area contributed by atoms with Crippen molar-refractivity contribution in [2.45, 2.75) is 13.0 Å². The molecule has 0 aliphatic carbocycles. The van der Waals surface area contributed by atoms with Gasteiger partial charge in [-0.25, -0.2) is 4.39 Å². The predicted octanol–water partition coefficient (Wildman–Crippen LogP) is 4.34. The van der Waals surface area contributed by atoms with Crippen molar-refractivity contribution < 1.29 is 4.39 Å². The lowest BCUT2D eigenvalue weighted by Gasteiger charge is -2.14. The number of allylic oxidation sites excluding steroid dienone is 1. The summed E-state index contributed by atoms with van der Waals surface area (Å²) >= 11 is 0. The van der Waals surface area contributed by atoms with Gasteiger partial charge in [0.1, 0.15) is 11.9 Å². The molecule has 2 heteroatoms. The number of benzene rings is 2. The van der Waals surface area contributed by atoms with E-state index in [1.165, 1.54) is 11.6 Å². The van der Waals surface area contributed by atoms with Gasteiger partial charge in [-0.1, -0.05) is 48.0 Å². The molecule has 0 fully saturated rings. The summed E-state index contributed by atoms with van der Waals surface area (Å²) in [5, 5.41) is 0. The van der Waals surface area contributed by atoms with Crippen LogP contribution in [0.25, 0.3) is 5.57 Å². The minimum Gasteiger partial charge on any atom is -0.280 e. The fraction of sp³-hybridized carbons (Fsp3) is 0.118. The summed E-state index contributed by atoms with van der Waals surface area (Å²) in [5.74, 6) is -0.204. The van der Waals surface area contributed by atoms with Crippen molar-refractivity contribution in [2.75, 3.05) is 0 Å². The van der Waals surface area contributed by atoms with Crippen molar-refractivity contribution in [2.24, 2.45) is 4.99 Å². The second-order valence-corrected chi connectivity index (χ2v) is 4.71. The van der Waals surface area contributed by atoms with Crippen molar-refractivity contribution in [3.05, 3.63) is 77.1 Å². The van der Waals surface area contributed by atoms with Crippen molar-refractivity contribution >= 4 is 11.8 Å². The van der Waals surface area contributed by atoms with Crippen molar-refractivity contribution in [3.8, 4) is 0 Å². The first-order valence-corrected chi connectivity index (χ1v) is 6.30. The highest BCUT2D eigenvalue weighted by molar-refractivity contribution is 5.92. The summed E-state index contributed by atoms with van der Waals surface area (Å²) in [6, 6.07) is 14.8. The molecule has 0 spiro atoms. The Hall–Kier alpha value is -2.22. The van der Waals surface area contributed by atoms with Gasteiger partial charge in [-0.3, -0.25) is 4.99 Å². The molecule has 0 saturated heterocycles. The summed E-state index contributed by atoms with van der Waals surface area (Å²) in [7, 11) is 0. The molecular formula is C17H14FN. The van der Waals surface area contributed by atoms with Gasteiger partial charge in [-0.15, -0.1) is 0 Å². The lowest BCUT2D eigenvalue weighted by molar-refractivity contribution is 0.605. The fourth-order valence-corrected chi connectivity index (χ4v) is 2.33. The Morgan fingerprint density at radius 3 is 2.47 bits per heavy atom. The van der Waals surface area contributed by atoms with Gasteiger partial charge < -0.3 is 0 Å². The van der Waals surface area contributed by atoms with Crippen LogP contribution in [0.5, 0.6) is 0 Å². The largest absolute Gasteiger partial charge is 0.280 e. The van der Waals surface area contributed by atoms with Gasteiger partial charge in [-0.05, 0) is 30.2 Å². The van der Waals surface area contributed by atoms with Crippen LogP contribution in [0.1, 0.15) is 22.7 Å². The molecule has 19 heavy (non-hydrogen) atoms. The van der Waals surface area contributed by atoms with Gasteiger partial charge in [0, 0.05) is 11.8 Å². The highest BCUT2D eigenvalue weighted by atomic mass is 19.1. The first-order valence-electron chi connectivity index (χ1n) is 6.30. The average molecular weight is 251 g/mol. The standard InChI is InChI=1S/C17H14FN/c1-12-6-8-13(9-7-12)14-10-11-19-17(14)15-4-2-3-5-16(15)18/h2-11,17H,1H3. The zero-order chi connectivity index (χ0) is 13.2. The normalized spacial score (nSPS) is 17.6. The molecule has 1 unspecified atom stereocenters. The highest BCUT2D eigenvalue weighted by Crippen LogP contribution is 2.36. The predicted molar refractivity (Wildman–Crippen MR) is 76.8 cm³/mol. The zero-order valence-corrected chi connectivity index (χ0v) is 10.7. The van der Waals surface area contributed by atoms with E-state index in [9.17, 15) is 4.39 Å². The third kappa shape index (κ3) is 2.22. The van der Waals surface area contributed by atoms with Gasteiger partial charge in [0.2, 0.25) is 0 Å². The minimum atomic E-state index is -0.232. The summed E-state index contributed by atoms with van der Waals surface area (Å²) < 4.78 is 13.9. The Balaban J connectivity index is 2.00. The Morgan fingerprint density at radius 2 is 1.74 bits per heavy atom. The molecule has 1 nitrogen and oxygen atoms in total. The van der Waals surface area contributed by atoms with Gasteiger partial charge in [0.25, 0.3) is 0 Å². The first-order chi connectivity index (χ1) is 9.25. The number of nitrogens with zero attached hydrogens (tertiary/aromatic N) is 1. The Kier molecular flexibility index (Phi) is 3.00. The van der Waals surface area contributed by atoms with E-state index in [-0.39, 0.29) is 11.9 Å². The van der Waals surface area contributed by atoms with Gasteiger partial charge in [0.05, 0.1) is 0 Å². The third-order valence-corrected chi connectivity index (χ3v) is 3.37. The second kappa shape index (κ2) is 4.81. The van der Waals surface area contributed by atoms with Crippen LogP contribution in [0.3, 0.4) is 0 Å². The van der Waals surface area contributed by atoms with Crippen LogP contribution in [0, 0.1) is 12.7 Å². The highest BCUT2D eigenvalue weighted by Gasteiger charge is 2.22. The van der Waals surface area contributed by atoms with E-state index in [2.05, 4.69) is 36.2 Å². The maximum atomic E-state index is 13.9. The van der Waals surface area contributed by atoms with Crippen molar-refractivity contribution in [3.63, 3.8) is 0 Å². The van der Waals surface area contributed by atoms with Crippen molar-refractivity contribution in [1.29, 1.82) is 0 Å². The van der Waals surface area contributed by atoms with Crippen molar-refractivity contribution in [1.82, 2.24) is 0 Å². The molecule has 2 aromatic rings. The van der Waals surface area contributed by atoms with E-state index >= 15 is 0 Å². The minimum absolute atomic E-state index is 0.204. The van der Waals surface area contributed by atoms with Crippen LogP contribution in [0.2, 0.25) is 0 Å². The van der Waals surface area contributed by atoms with Gasteiger partial charge >= 0.3 is 0 Å². The molecule has 1 aliphatic rings. The van der Waals surface area contributed by atoms with Crippen LogP contribution >= 0.6 is 0 Å². The Morgan fingerprint density at radius 1 is 1.00 bits per heavy atom. The van der Waals surface area contributed by atoms with Gasteiger partial charge in [-0.2, -0.15) is 0 Å². The van der Waals surface area contributed by atoms with Crippen LogP contribution in [-0.4, -0.2) is 6.21 Å². The molecule has 0 aromatic heterocycles. The van der Waals surface area contributed by atoms with E-state index in [4.69, 9.17) is 0 Å². The quantitative estimate of drug-likeness (QED) is 0.752. The number of rotatable bonds is 2. The van der Waals surface area contributed by atoms with E-state index in [0.717, 1.165) is 11.1 Å². The summed E-state index contributed by atoms with van der Waals surface area (Å²) in [6.45, 7) is 2.05. The van der Waals surface area contributed by atoms with E-state index in [0.29, 0.717) is 5.56 Å². The third-order valence-electron chi connectivity index (χ3n) is 3.37.